The van der Waals surface area contributed by atoms with Crippen molar-refractivity contribution >= 4 is 0 Å². The number of rotatable bonds is 5. The van der Waals surface area contributed by atoms with E-state index in [1.165, 1.54) is 24.1 Å². The number of fused-ring (bicyclic) bond motifs is 1. The SMILES string of the molecule is CCOC(C)CNC1CCCc2c1cnn2C. The van der Waals surface area contributed by atoms with Crippen LogP contribution in [-0.4, -0.2) is 29.0 Å². The number of aryl methyl sites for hydroxylation is 1. The van der Waals surface area contributed by atoms with Gasteiger partial charge >= 0.3 is 0 Å². The molecule has 0 saturated carbocycles. The third kappa shape index (κ3) is 2.87. The number of nitrogens with zero attached hydrogens (tertiary/aromatic N) is 2. The minimum atomic E-state index is 0.280. The Morgan fingerprint density at radius 2 is 2.47 bits per heavy atom. The normalized spacial score (nSPS) is 21.2. The van der Waals surface area contributed by atoms with Crippen LogP contribution < -0.4 is 5.32 Å². The van der Waals surface area contributed by atoms with E-state index in [2.05, 4.69) is 17.3 Å². The maximum absolute atomic E-state index is 5.54. The first-order valence-electron chi connectivity index (χ1n) is 6.58. The Balaban J connectivity index is 1.94. The van der Waals surface area contributed by atoms with Crippen molar-refractivity contribution in [2.45, 2.75) is 45.3 Å². The van der Waals surface area contributed by atoms with E-state index in [1.807, 2.05) is 24.9 Å². The molecule has 4 nitrogen and oxygen atoms in total. The lowest BCUT2D eigenvalue weighted by Gasteiger charge is -2.25. The summed E-state index contributed by atoms with van der Waals surface area (Å²) in [6.07, 6.45) is 5.90. The molecule has 0 aliphatic heterocycles. The van der Waals surface area contributed by atoms with Crippen LogP contribution in [0.2, 0.25) is 0 Å². The van der Waals surface area contributed by atoms with E-state index in [0.29, 0.717) is 6.04 Å². The van der Waals surface area contributed by atoms with Crippen LogP contribution in [0.5, 0.6) is 0 Å². The molecule has 0 spiro atoms. The summed E-state index contributed by atoms with van der Waals surface area (Å²) in [6, 6.07) is 0.454. The van der Waals surface area contributed by atoms with Crippen molar-refractivity contribution in [2.75, 3.05) is 13.2 Å². The van der Waals surface area contributed by atoms with Gasteiger partial charge in [-0.05, 0) is 33.1 Å². The molecule has 1 aromatic heterocycles. The Bertz CT molecular complexity index is 362. The Labute approximate surface area is 103 Å². The van der Waals surface area contributed by atoms with Crippen LogP contribution in [0.4, 0.5) is 0 Å². The van der Waals surface area contributed by atoms with Gasteiger partial charge in [-0.25, -0.2) is 0 Å². The van der Waals surface area contributed by atoms with E-state index in [1.54, 1.807) is 0 Å². The standard InChI is InChI=1S/C13H23N3O/c1-4-17-10(2)8-14-12-6-5-7-13-11(12)9-15-16(13)3/h9-10,12,14H,4-8H2,1-3H3. The maximum atomic E-state index is 5.54. The van der Waals surface area contributed by atoms with Crippen LogP contribution in [0, 0.1) is 0 Å². The zero-order valence-electron chi connectivity index (χ0n) is 11.1. The molecule has 2 unspecified atom stereocenters. The largest absolute Gasteiger partial charge is 0.377 e. The van der Waals surface area contributed by atoms with Gasteiger partial charge in [0, 0.05) is 37.5 Å². The van der Waals surface area contributed by atoms with Crippen molar-refractivity contribution < 1.29 is 4.74 Å². The highest BCUT2D eigenvalue weighted by atomic mass is 16.5. The van der Waals surface area contributed by atoms with Gasteiger partial charge in [-0.3, -0.25) is 4.68 Å². The average Bonchev–Trinajstić information content (AvgIpc) is 2.70. The summed E-state index contributed by atoms with van der Waals surface area (Å²) in [7, 11) is 2.03. The van der Waals surface area contributed by atoms with Gasteiger partial charge in [-0.1, -0.05) is 0 Å². The molecule has 1 heterocycles. The Kier molecular flexibility index (Phi) is 4.18. The summed E-state index contributed by atoms with van der Waals surface area (Å²) in [4.78, 5) is 0. The van der Waals surface area contributed by atoms with Gasteiger partial charge in [0.05, 0.1) is 12.3 Å². The summed E-state index contributed by atoms with van der Waals surface area (Å²) < 4.78 is 7.55. The molecular weight excluding hydrogens is 214 g/mol. The van der Waals surface area contributed by atoms with Crippen LogP contribution in [0.15, 0.2) is 6.20 Å². The van der Waals surface area contributed by atoms with Gasteiger partial charge in [0.15, 0.2) is 0 Å². The number of nitrogens with one attached hydrogen (secondary N) is 1. The first-order chi connectivity index (χ1) is 8.22. The lowest BCUT2D eigenvalue weighted by Crippen LogP contribution is -2.32. The van der Waals surface area contributed by atoms with Crippen molar-refractivity contribution in [3.63, 3.8) is 0 Å². The summed E-state index contributed by atoms with van der Waals surface area (Å²) in [5.41, 5.74) is 2.76. The van der Waals surface area contributed by atoms with E-state index in [4.69, 9.17) is 4.74 Å². The molecule has 1 aliphatic rings. The van der Waals surface area contributed by atoms with Crippen LogP contribution in [-0.2, 0) is 18.2 Å². The van der Waals surface area contributed by atoms with Crippen LogP contribution in [0.1, 0.15) is 44.0 Å². The molecule has 0 fully saturated rings. The van der Waals surface area contributed by atoms with E-state index in [-0.39, 0.29) is 6.10 Å². The summed E-state index contributed by atoms with van der Waals surface area (Å²) in [5.74, 6) is 0. The van der Waals surface area contributed by atoms with Crippen molar-refractivity contribution in [2.24, 2.45) is 7.05 Å². The van der Waals surface area contributed by atoms with Gasteiger partial charge in [-0.2, -0.15) is 5.10 Å². The number of ether oxygens (including phenoxy) is 1. The Hall–Kier alpha value is -0.870. The summed E-state index contributed by atoms with van der Waals surface area (Å²) in [5, 5.41) is 7.95. The monoisotopic (exact) mass is 237 g/mol. The third-order valence-electron chi connectivity index (χ3n) is 3.48. The third-order valence-corrected chi connectivity index (χ3v) is 3.48. The molecule has 0 aromatic carbocycles. The fourth-order valence-corrected chi connectivity index (χ4v) is 2.57. The number of hydrogen-bond acceptors (Lipinski definition) is 3. The second kappa shape index (κ2) is 5.65. The molecule has 2 atom stereocenters. The molecule has 1 aliphatic carbocycles. The molecule has 0 saturated heterocycles. The quantitative estimate of drug-likeness (QED) is 0.849. The van der Waals surface area contributed by atoms with E-state index >= 15 is 0 Å². The lowest BCUT2D eigenvalue weighted by molar-refractivity contribution is 0.0734. The van der Waals surface area contributed by atoms with Crippen LogP contribution in [0.25, 0.3) is 0 Å². The van der Waals surface area contributed by atoms with Gasteiger partial charge in [0.2, 0.25) is 0 Å². The van der Waals surface area contributed by atoms with Crippen molar-refractivity contribution in [1.29, 1.82) is 0 Å². The van der Waals surface area contributed by atoms with E-state index in [0.717, 1.165) is 19.6 Å². The van der Waals surface area contributed by atoms with Gasteiger partial charge < -0.3 is 10.1 Å². The molecule has 96 valence electrons. The Morgan fingerprint density at radius 1 is 1.65 bits per heavy atom. The molecule has 1 N–H and O–H groups in total. The number of aromatic nitrogens is 2. The van der Waals surface area contributed by atoms with E-state index < -0.39 is 0 Å². The molecule has 1 aromatic rings. The predicted octanol–water partition coefficient (Wildman–Crippen LogP) is 1.81. The summed E-state index contributed by atoms with van der Waals surface area (Å²) in [6.45, 7) is 5.85. The first kappa shape index (κ1) is 12.6. The second-order valence-corrected chi connectivity index (χ2v) is 4.79. The topological polar surface area (TPSA) is 39.1 Å². The fourth-order valence-electron chi connectivity index (χ4n) is 2.57. The van der Waals surface area contributed by atoms with Crippen LogP contribution in [0.3, 0.4) is 0 Å². The van der Waals surface area contributed by atoms with E-state index in [9.17, 15) is 0 Å². The zero-order chi connectivity index (χ0) is 12.3. The summed E-state index contributed by atoms with van der Waals surface area (Å²) >= 11 is 0. The second-order valence-electron chi connectivity index (χ2n) is 4.79. The minimum Gasteiger partial charge on any atom is -0.377 e. The highest BCUT2D eigenvalue weighted by molar-refractivity contribution is 5.24. The minimum absolute atomic E-state index is 0.280. The molecule has 2 rings (SSSR count). The smallest absolute Gasteiger partial charge is 0.0671 e. The van der Waals surface area contributed by atoms with Gasteiger partial charge in [0.25, 0.3) is 0 Å². The molecule has 17 heavy (non-hydrogen) atoms. The molecule has 0 bridgehead atoms. The zero-order valence-corrected chi connectivity index (χ0v) is 11.1. The fraction of sp³-hybridized carbons (Fsp3) is 0.769. The molecule has 0 amide bonds. The molecule has 0 radical (unpaired) electrons. The van der Waals surface area contributed by atoms with Crippen molar-refractivity contribution in [3.8, 4) is 0 Å². The van der Waals surface area contributed by atoms with Gasteiger partial charge in [0.1, 0.15) is 0 Å². The average molecular weight is 237 g/mol. The van der Waals surface area contributed by atoms with Crippen molar-refractivity contribution in [1.82, 2.24) is 15.1 Å². The Morgan fingerprint density at radius 3 is 3.24 bits per heavy atom. The molecule has 4 heteroatoms. The predicted molar refractivity (Wildman–Crippen MR) is 68.0 cm³/mol. The van der Waals surface area contributed by atoms with Crippen molar-refractivity contribution in [3.05, 3.63) is 17.5 Å². The first-order valence-corrected chi connectivity index (χ1v) is 6.58. The highest BCUT2D eigenvalue weighted by Crippen LogP contribution is 2.28. The molecular formula is C13H23N3O. The lowest BCUT2D eigenvalue weighted by atomic mass is 9.93. The van der Waals surface area contributed by atoms with Gasteiger partial charge in [-0.15, -0.1) is 0 Å². The maximum Gasteiger partial charge on any atom is 0.0671 e. The van der Waals surface area contributed by atoms with Crippen LogP contribution >= 0.6 is 0 Å². The number of hydrogen-bond donors (Lipinski definition) is 1. The highest BCUT2D eigenvalue weighted by Gasteiger charge is 2.23.